The van der Waals surface area contributed by atoms with Gasteiger partial charge >= 0.3 is 0 Å². The zero-order valence-corrected chi connectivity index (χ0v) is 9.30. The van der Waals surface area contributed by atoms with Gasteiger partial charge in [-0.15, -0.1) is 0 Å². The molecular weight excluding hydrogens is 214 g/mol. The van der Waals surface area contributed by atoms with Crippen molar-refractivity contribution < 1.29 is 5.11 Å². The lowest BCUT2D eigenvalue weighted by Gasteiger charge is -2.07. The minimum Gasteiger partial charge on any atom is -0.397 e. The van der Waals surface area contributed by atoms with Gasteiger partial charge in [0, 0.05) is 13.2 Å². The Balaban J connectivity index is 2.31. The number of nitrogens with one attached hydrogen (secondary N) is 1. The number of aliphatic hydroxyl groups is 1. The Bertz CT molecular complexity index is 307. The Morgan fingerprint density at radius 2 is 2.20 bits per heavy atom. The lowest BCUT2D eigenvalue weighted by molar-refractivity contribution is 0.283. The molecule has 0 aliphatic rings. The predicted molar refractivity (Wildman–Crippen MR) is 63.1 cm³/mol. The molecule has 4 nitrogen and oxygen atoms in total. The summed E-state index contributed by atoms with van der Waals surface area (Å²) in [5.41, 5.74) is 6.08. The molecule has 0 saturated carbocycles. The van der Waals surface area contributed by atoms with Gasteiger partial charge in [-0.25, -0.2) is 4.98 Å². The first-order chi connectivity index (χ1) is 7.24. The Morgan fingerprint density at radius 3 is 2.87 bits per heavy atom. The number of nitrogens with two attached hydrogens (primary N) is 1. The van der Waals surface area contributed by atoms with Crippen LogP contribution in [0, 0.1) is 0 Å². The van der Waals surface area contributed by atoms with Crippen LogP contribution in [0.2, 0.25) is 5.02 Å². The number of aromatic nitrogens is 1. The Labute approximate surface area is 94.5 Å². The summed E-state index contributed by atoms with van der Waals surface area (Å²) in [5.74, 6) is 0.662. The van der Waals surface area contributed by atoms with Crippen LogP contribution < -0.4 is 11.1 Å². The molecule has 0 unspecified atom stereocenters. The van der Waals surface area contributed by atoms with Crippen LogP contribution in [-0.4, -0.2) is 23.2 Å². The molecule has 1 aromatic heterocycles. The molecule has 1 rings (SSSR count). The molecule has 0 aromatic carbocycles. The maximum Gasteiger partial charge on any atom is 0.144 e. The predicted octanol–water partition coefficient (Wildman–Crippen LogP) is 1.89. The van der Waals surface area contributed by atoms with Crippen LogP contribution in [0.15, 0.2) is 12.3 Å². The number of nitrogens with zero attached hydrogens (tertiary/aromatic N) is 1. The van der Waals surface area contributed by atoms with E-state index in [1.54, 1.807) is 12.3 Å². The third-order valence-corrected chi connectivity index (χ3v) is 2.28. The number of anilines is 2. The van der Waals surface area contributed by atoms with Crippen molar-refractivity contribution in [1.82, 2.24) is 4.98 Å². The zero-order chi connectivity index (χ0) is 11.1. The van der Waals surface area contributed by atoms with E-state index in [9.17, 15) is 0 Å². The van der Waals surface area contributed by atoms with Gasteiger partial charge in [-0.3, -0.25) is 0 Å². The van der Waals surface area contributed by atoms with E-state index in [2.05, 4.69) is 10.3 Å². The maximum absolute atomic E-state index is 8.59. The number of aliphatic hydroxyl groups excluding tert-OH is 1. The minimum absolute atomic E-state index is 0.251. The van der Waals surface area contributed by atoms with E-state index in [1.165, 1.54) is 0 Å². The monoisotopic (exact) mass is 229 g/mol. The molecule has 0 bridgehead atoms. The first kappa shape index (κ1) is 12.1. The van der Waals surface area contributed by atoms with Crippen LogP contribution in [0.4, 0.5) is 11.5 Å². The summed E-state index contributed by atoms with van der Waals surface area (Å²) in [6.07, 6.45) is 4.39. The molecule has 5 heteroatoms. The van der Waals surface area contributed by atoms with E-state index < -0.39 is 0 Å². The topological polar surface area (TPSA) is 71.2 Å². The molecule has 84 valence electrons. The van der Waals surface area contributed by atoms with E-state index >= 15 is 0 Å². The first-order valence-electron chi connectivity index (χ1n) is 5.00. The molecule has 1 heterocycles. The highest BCUT2D eigenvalue weighted by atomic mass is 35.5. The summed E-state index contributed by atoms with van der Waals surface area (Å²) >= 11 is 5.92. The van der Waals surface area contributed by atoms with Crippen LogP contribution >= 0.6 is 11.6 Å². The highest BCUT2D eigenvalue weighted by Crippen LogP contribution is 2.20. The van der Waals surface area contributed by atoms with Gasteiger partial charge in [-0.1, -0.05) is 11.6 Å². The zero-order valence-electron chi connectivity index (χ0n) is 8.54. The summed E-state index contributed by atoms with van der Waals surface area (Å²) in [7, 11) is 0. The summed E-state index contributed by atoms with van der Waals surface area (Å²) < 4.78 is 0. The minimum atomic E-state index is 0.251. The van der Waals surface area contributed by atoms with Crippen LogP contribution in [0.25, 0.3) is 0 Å². The summed E-state index contributed by atoms with van der Waals surface area (Å²) in [6, 6.07) is 1.67. The SMILES string of the molecule is Nc1cnc(NCCCCCO)c(Cl)c1. The Kier molecular flexibility index (Phi) is 5.21. The van der Waals surface area contributed by atoms with E-state index in [1.807, 2.05) is 0 Å². The van der Waals surface area contributed by atoms with Gasteiger partial charge < -0.3 is 16.2 Å². The second kappa shape index (κ2) is 6.48. The Morgan fingerprint density at radius 1 is 1.40 bits per heavy atom. The number of rotatable bonds is 6. The summed E-state index contributed by atoms with van der Waals surface area (Å²) in [5, 5.41) is 12.2. The number of nitrogen functional groups attached to an aromatic ring is 1. The number of hydrogen-bond acceptors (Lipinski definition) is 4. The van der Waals surface area contributed by atoms with Gasteiger partial charge in [-0.2, -0.15) is 0 Å². The molecule has 4 N–H and O–H groups in total. The molecular formula is C10H16ClN3O. The molecule has 0 aliphatic carbocycles. The van der Waals surface area contributed by atoms with Gasteiger partial charge in [0.25, 0.3) is 0 Å². The van der Waals surface area contributed by atoms with Crippen LogP contribution in [0.5, 0.6) is 0 Å². The van der Waals surface area contributed by atoms with Crippen molar-refractivity contribution in [3.8, 4) is 0 Å². The number of halogens is 1. The maximum atomic E-state index is 8.59. The third kappa shape index (κ3) is 4.36. The van der Waals surface area contributed by atoms with Gasteiger partial charge in [-0.05, 0) is 25.3 Å². The van der Waals surface area contributed by atoms with E-state index in [-0.39, 0.29) is 6.61 Å². The first-order valence-corrected chi connectivity index (χ1v) is 5.37. The van der Waals surface area contributed by atoms with Gasteiger partial charge in [0.05, 0.1) is 16.9 Å². The van der Waals surface area contributed by atoms with E-state index in [0.29, 0.717) is 16.5 Å². The van der Waals surface area contributed by atoms with Crippen molar-refractivity contribution >= 4 is 23.1 Å². The number of hydrogen-bond donors (Lipinski definition) is 3. The molecule has 0 fully saturated rings. The lowest BCUT2D eigenvalue weighted by atomic mass is 10.2. The van der Waals surface area contributed by atoms with Gasteiger partial charge in [0.15, 0.2) is 0 Å². The van der Waals surface area contributed by atoms with Crippen molar-refractivity contribution in [3.63, 3.8) is 0 Å². The van der Waals surface area contributed by atoms with E-state index in [4.69, 9.17) is 22.4 Å². The highest BCUT2D eigenvalue weighted by Gasteiger charge is 2.00. The molecule has 0 spiro atoms. The molecule has 0 radical (unpaired) electrons. The highest BCUT2D eigenvalue weighted by molar-refractivity contribution is 6.33. The summed E-state index contributed by atoms with van der Waals surface area (Å²) in [4.78, 5) is 4.08. The smallest absolute Gasteiger partial charge is 0.144 e. The molecule has 0 aliphatic heterocycles. The molecule has 15 heavy (non-hydrogen) atoms. The molecule has 1 aromatic rings. The molecule has 0 atom stereocenters. The lowest BCUT2D eigenvalue weighted by Crippen LogP contribution is -2.04. The fraction of sp³-hybridized carbons (Fsp3) is 0.500. The van der Waals surface area contributed by atoms with Gasteiger partial charge in [0.1, 0.15) is 5.82 Å². The average molecular weight is 230 g/mol. The quantitative estimate of drug-likeness (QED) is 0.652. The number of unbranched alkanes of at least 4 members (excludes halogenated alkanes) is 2. The van der Waals surface area contributed by atoms with Crippen molar-refractivity contribution in [1.29, 1.82) is 0 Å². The standard InChI is InChI=1S/C10H16ClN3O/c11-9-6-8(12)7-14-10(9)13-4-2-1-3-5-15/h6-7,15H,1-5,12H2,(H,13,14). The van der Waals surface area contributed by atoms with Crippen LogP contribution in [0.3, 0.4) is 0 Å². The summed E-state index contributed by atoms with van der Waals surface area (Å²) in [6.45, 7) is 1.05. The normalized spacial score (nSPS) is 10.3. The molecule has 0 amide bonds. The van der Waals surface area contributed by atoms with Crippen LogP contribution in [0.1, 0.15) is 19.3 Å². The van der Waals surface area contributed by atoms with Crippen molar-refractivity contribution in [2.24, 2.45) is 0 Å². The fourth-order valence-corrected chi connectivity index (χ4v) is 1.44. The second-order valence-corrected chi connectivity index (χ2v) is 3.72. The van der Waals surface area contributed by atoms with Crippen molar-refractivity contribution in [2.45, 2.75) is 19.3 Å². The van der Waals surface area contributed by atoms with Crippen LogP contribution in [-0.2, 0) is 0 Å². The van der Waals surface area contributed by atoms with Gasteiger partial charge in [0.2, 0.25) is 0 Å². The third-order valence-electron chi connectivity index (χ3n) is 1.99. The van der Waals surface area contributed by atoms with E-state index in [0.717, 1.165) is 25.8 Å². The number of pyridine rings is 1. The Hall–Kier alpha value is -1.00. The largest absolute Gasteiger partial charge is 0.397 e. The molecule has 0 saturated heterocycles. The second-order valence-electron chi connectivity index (χ2n) is 3.31. The fourth-order valence-electron chi connectivity index (χ4n) is 1.20. The average Bonchev–Trinajstić information content (AvgIpc) is 2.20. The van der Waals surface area contributed by atoms with Crippen molar-refractivity contribution in [2.75, 3.05) is 24.2 Å². The van der Waals surface area contributed by atoms with Crippen molar-refractivity contribution in [3.05, 3.63) is 17.3 Å².